The predicted molar refractivity (Wildman–Crippen MR) is 102 cm³/mol. The van der Waals surface area contributed by atoms with E-state index < -0.39 is 5.97 Å². The van der Waals surface area contributed by atoms with E-state index in [0.29, 0.717) is 35.3 Å². The average molecular weight is 366 g/mol. The van der Waals surface area contributed by atoms with Gasteiger partial charge in [0.05, 0.1) is 17.9 Å². The Kier molecular flexibility index (Phi) is 5.61. The lowest BCUT2D eigenvalue weighted by molar-refractivity contribution is 0.0527. The van der Waals surface area contributed by atoms with Crippen LogP contribution in [0.15, 0.2) is 54.6 Å². The highest BCUT2D eigenvalue weighted by atomic mass is 19.1. The minimum absolute atomic E-state index is 0.297. The minimum atomic E-state index is -0.406. The van der Waals surface area contributed by atoms with Crippen molar-refractivity contribution >= 4 is 29.1 Å². The van der Waals surface area contributed by atoms with E-state index in [-0.39, 0.29) is 5.82 Å². The molecule has 2 N–H and O–H groups in total. The van der Waals surface area contributed by atoms with Crippen molar-refractivity contribution in [2.75, 3.05) is 17.2 Å². The molecule has 27 heavy (non-hydrogen) atoms. The summed E-state index contributed by atoms with van der Waals surface area (Å²) >= 11 is 0. The van der Waals surface area contributed by atoms with Gasteiger partial charge in [-0.25, -0.2) is 14.2 Å². The number of para-hydroxylation sites is 1. The molecule has 0 aliphatic carbocycles. The van der Waals surface area contributed by atoms with Crippen LogP contribution in [0.2, 0.25) is 0 Å². The number of benzene rings is 2. The summed E-state index contributed by atoms with van der Waals surface area (Å²) in [6, 6.07) is 14.7. The molecule has 0 amide bonds. The lowest BCUT2D eigenvalue weighted by Crippen LogP contribution is -2.09. The summed E-state index contributed by atoms with van der Waals surface area (Å²) < 4.78 is 18.1. The Balaban J connectivity index is 1.85. The number of rotatable bonds is 6. The quantitative estimate of drug-likeness (QED) is 0.622. The van der Waals surface area contributed by atoms with Crippen molar-refractivity contribution < 1.29 is 13.9 Å². The molecule has 0 aliphatic rings. The molecular weight excluding hydrogens is 347 g/mol. The van der Waals surface area contributed by atoms with Crippen LogP contribution >= 0.6 is 0 Å². The summed E-state index contributed by atoms with van der Waals surface area (Å²) in [5.41, 5.74) is 2.40. The van der Waals surface area contributed by atoms with Crippen molar-refractivity contribution in [2.45, 2.75) is 13.8 Å². The molecule has 0 saturated carbocycles. The molecule has 0 saturated heterocycles. The number of aromatic nitrogens is 2. The zero-order valence-corrected chi connectivity index (χ0v) is 15.0. The molecule has 1 aromatic heterocycles. The fraction of sp³-hybridized carbons (Fsp3) is 0.150. The molecule has 0 aliphatic heterocycles. The van der Waals surface area contributed by atoms with Crippen LogP contribution in [-0.2, 0) is 4.74 Å². The maximum Gasteiger partial charge on any atom is 0.340 e. The van der Waals surface area contributed by atoms with Crippen molar-refractivity contribution in [3.8, 4) is 0 Å². The molecule has 0 fully saturated rings. The summed E-state index contributed by atoms with van der Waals surface area (Å²) in [4.78, 5) is 20.9. The highest BCUT2D eigenvalue weighted by Crippen LogP contribution is 2.23. The van der Waals surface area contributed by atoms with Crippen LogP contribution in [-0.4, -0.2) is 22.5 Å². The largest absolute Gasteiger partial charge is 0.462 e. The second-order valence-electron chi connectivity index (χ2n) is 5.74. The number of aryl methyl sites for hydroxylation is 1. The number of anilines is 4. The maximum absolute atomic E-state index is 13.0. The van der Waals surface area contributed by atoms with E-state index in [1.807, 2.05) is 13.0 Å². The Bertz CT molecular complexity index is 945. The standard InChI is InChI=1S/C20H19FN4O2/c1-3-27-19(26)16-6-4-5-7-17(16)24-18-12-13(2)22-20(25-18)23-15-10-8-14(21)9-11-15/h4-12H,3H2,1-2H3,(H2,22,23,24,25). The third kappa shape index (κ3) is 4.78. The van der Waals surface area contributed by atoms with Gasteiger partial charge in [0.1, 0.15) is 11.6 Å². The van der Waals surface area contributed by atoms with Gasteiger partial charge in [-0.05, 0) is 50.2 Å². The highest BCUT2D eigenvalue weighted by molar-refractivity contribution is 5.96. The van der Waals surface area contributed by atoms with Crippen LogP contribution in [0.25, 0.3) is 0 Å². The Labute approximate surface area is 156 Å². The molecule has 0 atom stereocenters. The molecule has 0 spiro atoms. The van der Waals surface area contributed by atoms with Crippen LogP contribution in [0.1, 0.15) is 23.0 Å². The summed E-state index contributed by atoms with van der Waals surface area (Å²) in [7, 11) is 0. The van der Waals surface area contributed by atoms with Gasteiger partial charge in [0.25, 0.3) is 0 Å². The summed E-state index contributed by atoms with van der Waals surface area (Å²) in [5.74, 6) is 0.154. The van der Waals surface area contributed by atoms with Gasteiger partial charge in [0.15, 0.2) is 0 Å². The highest BCUT2D eigenvalue weighted by Gasteiger charge is 2.13. The average Bonchev–Trinajstić information content (AvgIpc) is 2.64. The molecule has 6 nitrogen and oxygen atoms in total. The van der Waals surface area contributed by atoms with E-state index in [0.717, 1.165) is 5.69 Å². The number of hydrogen-bond donors (Lipinski definition) is 2. The van der Waals surface area contributed by atoms with E-state index in [2.05, 4.69) is 20.6 Å². The molecule has 3 aromatic rings. The summed E-state index contributed by atoms with van der Waals surface area (Å²) in [6.07, 6.45) is 0. The third-order valence-electron chi connectivity index (χ3n) is 3.64. The number of ether oxygens (including phenoxy) is 1. The van der Waals surface area contributed by atoms with E-state index in [1.54, 1.807) is 43.3 Å². The molecule has 0 bridgehead atoms. The van der Waals surface area contributed by atoms with Crippen molar-refractivity contribution in [2.24, 2.45) is 0 Å². The number of hydrogen-bond acceptors (Lipinski definition) is 6. The Hall–Kier alpha value is -3.48. The van der Waals surface area contributed by atoms with Crippen LogP contribution in [0.5, 0.6) is 0 Å². The Morgan fingerprint density at radius 1 is 1.07 bits per heavy atom. The zero-order chi connectivity index (χ0) is 19.2. The summed E-state index contributed by atoms with van der Waals surface area (Å²) in [5, 5.41) is 6.17. The van der Waals surface area contributed by atoms with Crippen molar-refractivity contribution in [3.05, 3.63) is 71.7 Å². The molecule has 0 radical (unpaired) electrons. The zero-order valence-electron chi connectivity index (χ0n) is 15.0. The van der Waals surface area contributed by atoms with Crippen molar-refractivity contribution in [1.29, 1.82) is 0 Å². The van der Waals surface area contributed by atoms with Gasteiger partial charge in [-0.3, -0.25) is 0 Å². The lowest BCUT2D eigenvalue weighted by atomic mass is 10.2. The number of nitrogens with one attached hydrogen (secondary N) is 2. The van der Waals surface area contributed by atoms with Gasteiger partial charge in [0.2, 0.25) is 5.95 Å². The first kappa shape index (κ1) is 18.3. The van der Waals surface area contributed by atoms with Gasteiger partial charge in [-0.2, -0.15) is 4.98 Å². The first-order chi connectivity index (χ1) is 13.0. The Morgan fingerprint density at radius 3 is 2.56 bits per heavy atom. The fourth-order valence-electron chi connectivity index (χ4n) is 2.47. The van der Waals surface area contributed by atoms with Crippen LogP contribution < -0.4 is 10.6 Å². The SMILES string of the molecule is CCOC(=O)c1ccccc1Nc1cc(C)nc(Nc2ccc(F)cc2)n1. The van der Waals surface area contributed by atoms with Crippen LogP contribution in [0.3, 0.4) is 0 Å². The number of carbonyl (C=O) groups is 1. The Morgan fingerprint density at radius 2 is 1.81 bits per heavy atom. The molecule has 0 unspecified atom stereocenters. The number of esters is 1. The van der Waals surface area contributed by atoms with E-state index in [1.165, 1.54) is 12.1 Å². The number of carbonyl (C=O) groups excluding carboxylic acids is 1. The van der Waals surface area contributed by atoms with Gasteiger partial charge in [-0.1, -0.05) is 12.1 Å². The second kappa shape index (κ2) is 8.27. The van der Waals surface area contributed by atoms with E-state index in [9.17, 15) is 9.18 Å². The van der Waals surface area contributed by atoms with Gasteiger partial charge < -0.3 is 15.4 Å². The molecule has 138 valence electrons. The summed E-state index contributed by atoms with van der Waals surface area (Å²) in [6.45, 7) is 3.89. The van der Waals surface area contributed by atoms with Gasteiger partial charge >= 0.3 is 5.97 Å². The molecule has 2 aromatic carbocycles. The molecule has 3 rings (SSSR count). The molecule has 7 heteroatoms. The van der Waals surface area contributed by atoms with Crippen molar-refractivity contribution in [3.63, 3.8) is 0 Å². The van der Waals surface area contributed by atoms with E-state index in [4.69, 9.17) is 4.74 Å². The second-order valence-corrected chi connectivity index (χ2v) is 5.74. The topological polar surface area (TPSA) is 76.1 Å². The maximum atomic E-state index is 13.0. The molecular formula is C20H19FN4O2. The smallest absolute Gasteiger partial charge is 0.340 e. The minimum Gasteiger partial charge on any atom is -0.462 e. The van der Waals surface area contributed by atoms with Gasteiger partial charge in [0, 0.05) is 17.4 Å². The first-order valence-electron chi connectivity index (χ1n) is 8.46. The monoisotopic (exact) mass is 366 g/mol. The van der Waals surface area contributed by atoms with Crippen molar-refractivity contribution in [1.82, 2.24) is 9.97 Å². The fourth-order valence-corrected chi connectivity index (χ4v) is 2.47. The lowest BCUT2D eigenvalue weighted by Gasteiger charge is -2.12. The molecule has 1 heterocycles. The predicted octanol–water partition coefficient (Wildman–Crippen LogP) is 4.59. The number of nitrogens with zero attached hydrogens (tertiary/aromatic N) is 2. The number of halogens is 1. The van der Waals surface area contributed by atoms with E-state index >= 15 is 0 Å². The first-order valence-corrected chi connectivity index (χ1v) is 8.46. The van der Waals surface area contributed by atoms with Gasteiger partial charge in [-0.15, -0.1) is 0 Å². The van der Waals surface area contributed by atoms with Crippen LogP contribution in [0.4, 0.5) is 27.5 Å². The third-order valence-corrected chi connectivity index (χ3v) is 3.64. The van der Waals surface area contributed by atoms with Crippen LogP contribution in [0, 0.1) is 12.7 Å². The normalized spacial score (nSPS) is 10.3.